The maximum atomic E-state index is 12.2. The zero-order valence-electron chi connectivity index (χ0n) is 16.2. The van der Waals surface area contributed by atoms with Crippen LogP contribution < -0.4 is 15.5 Å². The minimum atomic E-state index is -3.23. The first kappa shape index (κ1) is 20.1. The molecule has 2 heterocycles. The molecule has 2 N–H and O–H groups in total. The molecule has 1 fully saturated rings. The van der Waals surface area contributed by atoms with Gasteiger partial charge in [-0.2, -0.15) is 0 Å². The van der Waals surface area contributed by atoms with Crippen molar-refractivity contribution in [2.75, 3.05) is 24.2 Å². The maximum absolute atomic E-state index is 12.2. The molecular formula is C20H26N4O3S. The predicted octanol–water partition coefficient (Wildman–Crippen LogP) is 2.65. The lowest BCUT2D eigenvalue weighted by molar-refractivity contribution is 0.237. The Bertz CT molecular complexity index is 923. The van der Waals surface area contributed by atoms with Crippen LogP contribution in [0.1, 0.15) is 36.9 Å². The molecule has 0 radical (unpaired) electrons. The smallest absolute Gasteiger partial charge is 0.315 e. The third-order valence-corrected chi connectivity index (χ3v) is 5.98. The molecule has 2 aromatic rings. The zero-order chi connectivity index (χ0) is 20.1. The molecule has 0 bridgehead atoms. The minimum absolute atomic E-state index is 0.244. The second-order valence-electron chi connectivity index (χ2n) is 7.11. The van der Waals surface area contributed by atoms with Gasteiger partial charge in [-0.25, -0.2) is 18.2 Å². The van der Waals surface area contributed by atoms with E-state index in [2.05, 4.69) is 20.5 Å². The van der Waals surface area contributed by atoms with Gasteiger partial charge in [0.1, 0.15) is 5.82 Å². The van der Waals surface area contributed by atoms with Gasteiger partial charge < -0.3 is 15.5 Å². The van der Waals surface area contributed by atoms with Crippen molar-refractivity contribution in [3.63, 3.8) is 0 Å². The van der Waals surface area contributed by atoms with E-state index < -0.39 is 9.84 Å². The molecule has 0 unspecified atom stereocenters. The van der Waals surface area contributed by atoms with Crippen molar-refractivity contribution < 1.29 is 13.2 Å². The van der Waals surface area contributed by atoms with Gasteiger partial charge >= 0.3 is 6.03 Å². The summed E-state index contributed by atoms with van der Waals surface area (Å²) in [5, 5.41) is 5.73. The van der Waals surface area contributed by atoms with Crippen LogP contribution >= 0.6 is 0 Å². The van der Waals surface area contributed by atoms with E-state index in [9.17, 15) is 13.2 Å². The lowest BCUT2D eigenvalue weighted by atomic mass is 10.1. The fourth-order valence-electron chi connectivity index (χ4n) is 3.21. The van der Waals surface area contributed by atoms with E-state index in [1.807, 2.05) is 19.1 Å². The molecule has 1 aromatic heterocycles. The number of urea groups is 1. The topological polar surface area (TPSA) is 91.4 Å². The first-order valence-electron chi connectivity index (χ1n) is 9.37. The van der Waals surface area contributed by atoms with E-state index in [0.29, 0.717) is 6.54 Å². The summed E-state index contributed by atoms with van der Waals surface area (Å²) in [6.45, 7) is 4.32. The van der Waals surface area contributed by atoms with Gasteiger partial charge in [0.2, 0.25) is 0 Å². The SMILES string of the molecule is C[C@@H](NC(=O)NCc1ccnc(N2CCCC2)c1)c1ccc(S(C)(=O)=O)cc1. The number of benzene rings is 1. The van der Waals surface area contributed by atoms with Crippen LogP contribution in [0.15, 0.2) is 47.5 Å². The molecule has 1 aliphatic rings. The zero-order valence-corrected chi connectivity index (χ0v) is 17.0. The summed E-state index contributed by atoms with van der Waals surface area (Å²) >= 11 is 0. The Hall–Kier alpha value is -2.61. The van der Waals surface area contributed by atoms with E-state index in [1.165, 1.54) is 19.1 Å². The summed E-state index contributed by atoms with van der Waals surface area (Å²) in [5.41, 5.74) is 1.83. The number of nitrogens with one attached hydrogen (secondary N) is 2. The van der Waals surface area contributed by atoms with Crippen molar-refractivity contribution in [1.82, 2.24) is 15.6 Å². The third kappa shape index (κ3) is 5.22. The Morgan fingerprint density at radius 1 is 1.18 bits per heavy atom. The molecule has 28 heavy (non-hydrogen) atoms. The number of anilines is 1. The van der Waals surface area contributed by atoms with E-state index in [0.717, 1.165) is 30.0 Å². The van der Waals surface area contributed by atoms with Crippen molar-refractivity contribution in [2.45, 2.75) is 37.2 Å². The highest BCUT2D eigenvalue weighted by atomic mass is 32.2. The third-order valence-electron chi connectivity index (χ3n) is 4.85. The molecule has 2 amide bonds. The highest BCUT2D eigenvalue weighted by Crippen LogP contribution is 2.19. The summed E-state index contributed by atoms with van der Waals surface area (Å²) in [4.78, 5) is 19.2. The molecule has 1 aliphatic heterocycles. The first-order chi connectivity index (χ1) is 13.3. The standard InChI is InChI=1S/C20H26N4O3S/c1-15(17-5-7-18(8-6-17)28(2,26)27)23-20(25)22-14-16-9-10-21-19(13-16)24-11-3-4-12-24/h5-10,13,15H,3-4,11-12,14H2,1-2H3,(H2,22,23,25)/t15-/m1/s1. The second-order valence-corrected chi connectivity index (χ2v) is 9.12. The normalized spacial score (nSPS) is 15.3. The van der Waals surface area contributed by atoms with Gasteiger partial charge in [0, 0.05) is 32.1 Å². The molecule has 7 nitrogen and oxygen atoms in total. The second kappa shape index (κ2) is 8.60. The van der Waals surface area contributed by atoms with Crippen LogP contribution in [0.3, 0.4) is 0 Å². The monoisotopic (exact) mass is 402 g/mol. The van der Waals surface area contributed by atoms with Crippen LogP contribution in [0.25, 0.3) is 0 Å². The summed E-state index contributed by atoms with van der Waals surface area (Å²) in [6.07, 6.45) is 5.32. The number of carbonyl (C=O) groups excluding carboxylic acids is 1. The lowest BCUT2D eigenvalue weighted by Crippen LogP contribution is -2.36. The summed E-state index contributed by atoms with van der Waals surface area (Å²) in [5.74, 6) is 0.955. The number of pyridine rings is 1. The Labute approximate surface area is 166 Å². The predicted molar refractivity (Wildman–Crippen MR) is 109 cm³/mol. The Morgan fingerprint density at radius 3 is 2.50 bits per heavy atom. The van der Waals surface area contributed by atoms with E-state index in [1.54, 1.807) is 30.5 Å². The number of hydrogen-bond donors (Lipinski definition) is 2. The molecule has 1 aromatic carbocycles. The number of rotatable bonds is 6. The van der Waals surface area contributed by atoms with Crippen molar-refractivity contribution in [1.29, 1.82) is 0 Å². The summed E-state index contributed by atoms with van der Waals surface area (Å²) in [6, 6.07) is 9.92. The lowest BCUT2D eigenvalue weighted by Gasteiger charge is -2.18. The molecule has 3 rings (SSSR count). The van der Waals surface area contributed by atoms with Crippen molar-refractivity contribution in [3.8, 4) is 0 Å². The van der Waals surface area contributed by atoms with E-state index in [4.69, 9.17) is 0 Å². The molecule has 0 spiro atoms. The van der Waals surface area contributed by atoms with Gasteiger partial charge in [0.25, 0.3) is 0 Å². The molecule has 1 saturated heterocycles. The number of hydrogen-bond acceptors (Lipinski definition) is 5. The first-order valence-corrected chi connectivity index (χ1v) is 11.3. The quantitative estimate of drug-likeness (QED) is 0.775. The van der Waals surface area contributed by atoms with Gasteiger partial charge in [-0.3, -0.25) is 0 Å². The van der Waals surface area contributed by atoms with Gasteiger partial charge in [-0.1, -0.05) is 12.1 Å². The largest absolute Gasteiger partial charge is 0.357 e. The molecule has 150 valence electrons. The van der Waals surface area contributed by atoms with Gasteiger partial charge in [-0.05, 0) is 55.2 Å². The van der Waals surface area contributed by atoms with E-state index >= 15 is 0 Å². The van der Waals surface area contributed by atoms with Crippen LogP contribution in [-0.2, 0) is 16.4 Å². The van der Waals surface area contributed by atoms with Crippen LogP contribution in [0.4, 0.5) is 10.6 Å². The maximum Gasteiger partial charge on any atom is 0.315 e. The Kier molecular flexibility index (Phi) is 6.18. The van der Waals surface area contributed by atoms with Crippen LogP contribution in [0.2, 0.25) is 0 Å². The Morgan fingerprint density at radius 2 is 1.86 bits per heavy atom. The number of sulfone groups is 1. The van der Waals surface area contributed by atoms with Crippen molar-refractivity contribution in [2.24, 2.45) is 0 Å². The fourth-order valence-corrected chi connectivity index (χ4v) is 3.84. The number of nitrogens with zero attached hydrogens (tertiary/aromatic N) is 2. The van der Waals surface area contributed by atoms with Crippen LogP contribution in [0, 0.1) is 0 Å². The van der Waals surface area contributed by atoms with Crippen molar-refractivity contribution in [3.05, 3.63) is 53.7 Å². The summed E-state index contributed by atoms with van der Waals surface area (Å²) in [7, 11) is -3.23. The average molecular weight is 403 g/mol. The molecule has 0 aliphatic carbocycles. The van der Waals surface area contributed by atoms with Gasteiger partial charge in [0.05, 0.1) is 10.9 Å². The highest BCUT2D eigenvalue weighted by molar-refractivity contribution is 7.90. The Balaban J connectivity index is 1.53. The molecule has 8 heteroatoms. The highest BCUT2D eigenvalue weighted by Gasteiger charge is 2.14. The average Bonchev–Trinajstić information content (AvgIpc) is 3.21. The molecular weight excluding hydrogens is 376 g/mol. The number of amides is 2. The van der Waals surface area contributed by atoms with E-state index in [-0.39, 0.29) is 17.0 Å². The van der Waals surface area contributed by atoms with Crippen molar-refractivity contribution >= 4 is 21.7 Å². The summed E-state index contributed by atoms with van der Waals surface area (Å²) < 4.78 is 23.1. The number of aromatic nitrogens is 1. The van der Waals surface area contributed by atoms with Crippen LogP contribution in [0.5, 0.6) is 0 Å². The fraction of sp³-hybridized carbons (Fsp3) is 0.400. The molecule has 0 saturated carbocycles. The van der Waals surface area contributed by atoms with Gasteiger partial charge in [0.15, 0.2) is 9.84 Å². The molecule has 1 atom stereocenters. The minimum Gasteiger partial charge on any atom is -0.357 e. The van der Waals surface area contributed by atoms with Crippen LogP contribution in [-0.4, -0.2) is 38.8 Å². The van der Waals surface area contributed by atoms with Gasteiger partial charge in [-0.15, -0.1) is 0 Å². The number of carbonyl (C=O) groups is 1.